The number of amides is 3. The number of hydrogen-bond donors (Lipinski definition) is 2. The lowest BCUT2D eigenvalue weighted by Gasteiger charge is -2.52. The molecule has 0 unspecified atom stereocenters. The Morgan fingerprint density at radius 3 is 2.64 bits per heavy atom. The first-order chi connectivity index (χ1) is 13.5. The predicted molar refractivity (Wildman–Crippen MR) is 111 cm³/mol. The second-order valence-electron chi connectivity index (χ2n) is 8.16. The molecular weight excluding hydrogens is 376 g/mol. The molecule has 2 fully saturated rings. The van der Waals surface area contributed by atoms with Crippen LogP contribution in [0.3, 0.4) is 0 Å². The third-order valence-electron chi connectivity index (χ3n) is 6.48. The minimum atomic E-state index is -0.453. The average molecular weight is 405 g/mol. The maximum absolute atomic E-state index is 12.7. The number of carbonyl (C=O) groups excluding carboxylic acids is 2. The smallest absolute Gasteiger partial charge is 0.317 e. The molecule has 28 heavy (non-hydrogen) atoms. The summed E-state index contributed by atoms with van der Waals surface area (Å²) >= 11 is 6.21. The lowest BCUT2D eigenvalue weighted by atomic mass is 9.90. The van der Waals surface area contributed by atoms with E-state index in [-0.39, 0.29) is 11.9 Å². The Balaban J connectivity index is 1.46. The van der Waals surface area contributed by atoms with Gasteiger partial charge in [0.1, 0.15) is 5.66 Å². The van der Waals surface area contributed by atoms with Crippen molar-refractivity contribution in [2.45, 2.75) is 63.6 Å². The summed E-state index contributed by atoms with van der Waals surface area (Å²) in [6.45, 7) is 4.12. The molecule has 0 atom stereocenters. The molecular formula is C21H29ClN4O2. The lowest BCUT2D eigenvalue weighted by Crippen LogP contribution is -2.68. The topological polar surface area (TPSA) is 64.7 Å². The second-order valence-corrected chi connectivity index (χ2v) is 8.60. The Labute approximate surface area is 171 Å². The Kier molecular flexibility index (Phi) is 5.41. The van der Waals surface area contributed by atoms with Gasteiger partial charge >= 0.3 is 6.03 Å². The van der Waals surface area contributed by atoms with Crippen molar-refractivity contribution in [2.75, 3.05) is 24.5 Å². The molecule has 1 saturated carbocycles. The third-order valence-corrected chi connectivity index (χ3v) is 6.72. The van der Waals surface area contributed by atoms with Crippen molar-refractivity contribution in [3.8, 4) is 0 Å². The summed E-state index contributed by atoms with van der Waals surface area (Å²) in [5.41, 5.74) is 1.10. The molecule has 152 valence electrons. The van der Waals surface area contributed by atoms with Gasteiger partial charge in [-0.25, -0.2) is 4.79 Å². The molecule has 1 aromatic carbocycles. The van der Waals surface area contributed by atoms with Crippen LogP contribution in [0.4, 0.5) is 10.5 Å². The number of benzene rings is 1. The molecule has 0 aromatic heterocycles. The molecule has 2 aliphatic heterocycles. The molecule has 4 rings (SSSR count). The molecule has 2 N–H and O–H groups in total. The van der Waals surface area contributed by atoms with Crippen molar-refractivity contribution in [2.24, 2.45) is 0 Å². The van der Waals surface area contributed by atoms with E-state index in [1.165, 1.54) is 19.3 Å². The summed E-state index contributed by atoms with van der Waals surface area (Å²) in [6.07, 6.45) is 7.26. The highest BCUT2D eigenvalue weighted by Gasteiger charge is 2.46. The number of likely N-dealkylation sites (tertiary alicyclic amines) is 1. The van der Waals surface area contributed by atoms with Crippen LogP contribution < -0.4 is 15.5 Å². The van der Waals surface area contributed by atoms with Crippen molar-refractivity contribution in [3.63, 3.8) is 0 Å². The largest absolute Gasteiger partial charge is 0.348 e. The van der Waals surface area contributed by atoms with E-state index in [1.807, 2.05) is 11.0 Å². The summed E-state index contributed by atoms with van der Waals surface area (Å²) in [5.74, 6) is -0.0588. The Bertz CT molecular complexity index is 755. The summed E-state index contributed by atoms with van der Waals surface area (Å²) in [4.78, 5) is 29.6. The van der Waals surface area contributed by atoms with Gasteiger partial charge in [-0.3, -0.25) is 4.79 Å². The number of nitrogens with one attached hydrogen (secondary N) is 2. The van der Waals surface area contributed by atoms with E-state index in [1.54, 1.807) is 12.1 Å². The summed E-state index contributed by atoms with van der Waals surface area (Å²) in [6, 6.07) is 5.77. The van der Waals surface area contributed by atoms with Crippen molar-refractivity contribution < 1.29 is 9.59 Å². The highest BCUT2D eigenvalue weighted by molar-refractivity contribution is 6.31. The number of rotatable bonds is 2. The molecule has 3 amide bonds. The fourth-order valence-corrected chi connectivity index (χ4v) is 5.12. The number of halogens is 1. The maximum atomic E-state index is 12.7. The Morgan fingerprint density at radius 2 is 1.96 bits per heavy atom. The number of nitrogens with zero attached hydrogens (tertiary/aromatic N) is 2. The summed E-state index contributed by atoms with van der Waals surface area (Å²) < 4.78 is 0. The highest BCUT2D eigenvalue weighted by Crippen LogP contribution is 2.38. The zero-order valence-electron chi connectivity index (χ0n) is 16.5. The van der Waals surface area contributed by atoms with E-state index in [2.05, 4.69) is 22.5 Å². The first kappa shape index (κ1) is 19.4. The Hall–Kier alpha value is -1.95. The number of fused-ring (bicyclic) bond motifs is 1. The summed E-state index contributed by atoms with van der Waals surface area (Å²) in [5, 5.41) is 7.07. The highest BCUT2D eigenvalue weighted by atomic mass is 35.5. The zero-order chi connectivity index (χ0) is 19.7. The van der Waals surface area contributed by atoms with Gasteiger partial charge in [-0.15, -0.1) is 0 Å². The van der Waals surface area contributed by atoms with E-state index in [0.29, 0.717) is 42.6 Å². The van der Waals surface area contributed by atoms with E-state index >= 15 is 0 Å². The number of anilines is 1. The standard InChI is InChI=1S/C21H29ClN4O2/c1-2-26-18-14-15(22)8-9-17(18)19(27)24-21(26)10-12-25(13-11-21)20(28)23-16-6-4-3-5-7-16/h8-9,14,16H,2-7,10-13H2,1H3,(H,23,28)(H,24,27). The van der Waals surface area contributed by atoms with E-state index in [0.717, 1.165) is 25.1 Å². The number of hydrogen-bond acceptors (Lipinski definition) is 3. The van der Waals surface area contributed by atoms with Crippen LogP contribution in [0.1, 0.15) is 62.2 Å². The minimum absolute atomic E-state index is 0.0374. The van der Waals surface area contributed by atoms with Gasteiger partial charge in [0.2, 0.25) is 0 Å². The number of carbonyl (C=O) groups is 2. The zero-order valence-corrected chi connectivity index (χ0v) is 17.2. The van der Waals surface area contributed by atoms with E-state index in [9.17, 15) is 9.59 Å². The quantitative estimate of drug-likeness (QED) is 0.789. The van der Waals surface area contributed by atoms with Crippen LogP contribution in [0.2, 0.25) is 5.02 Å². The van der Waals surface area contributed by atoms with Crippen LogP contribution in [0.5, 0.6) is 0 Å². The van der Waals surface area contributed by atoms with Gasteiger partial charge in [0.05, 0.1) is 11.3 Å². The van der Waals surface area contributed by atoms with Crippen LogP contribution in [0.25, 0.3) is 0 Å². The molecule has 0 radical (unpaired) electrons. The summed E-state index contributed by atoms with van der Waals surface area (Å²) in [7, 11) is 0. The average Bonchev–Trinajstić information content (AvgIpc) is 2.69. The monoisotopic (exact) mass is 404 g/mol. The van der Waals surface area contributed by atoms with Gasteiger partial charge in [0.15, 0.2) is 0 Å². The molecule has 0 bridgehead atoms. The maximum Gasteiger partial charge on any atom is 0.317 e. The fourth-order valence-electron chi connectivity index (χ4n) is 4.96. The van der Waals surface area contributed by atoms with Crippen LogP contribution in [-0.4, -0.2) is 48.2 Å². The second kappa shape index (κ2) is 7.82. The molecule has 1 aromatic rings. The van der Waals surface area contributed by atoms with Crippen molar-refractivity contribution in [3.05, 3.63) is 28.8 Å². The first-order valence-electron chi connectivity index (χ1n) is 10.5. The van der Waals surface area contributed by atoms with Crippen molar-refractivity contribution in [1.82, 2.24) is 15.5 Å². The Morgan fingerprint density at radius 1 is 1.25 bits per heavy atom. The lowest BCUT2D eigenvalue weighted by molar-refractivity contribution is 0.0801. The normalized spacial score (nSPS) is 22.0. The van der Waals surface area contributed by atoms with Gasteiger partial charge in [-0.1, -0.05) is 30.9 Å². The molecule has 1 aliphatic carbocycles. The van der Waals surface area contributed by atoms with Crippen LogP contribution >= 0.6 is 11.6 Å². The van der Waals surface area contributed by atoms with Gasteiger partial charge in [0, 0.05) is 43.5 Å². The fraction of sp³-hybridized carbons (Fsp3) is 0.619. The van der Waals surface area contributed by atoms with E-state index in [4.69, 9.17) is 11.6 Å². The van der Waals surface area contributed by atoms with Crippen molar-refractivity contribution >= 4 is 29.2 Å². The van der Waals surface area contributed by atoms with Gasteiger partial charge < -0.3 is 20.4 Å². The van der Waals surface area contributed by atoms with Crippen molar-refractivity contribution in [1.29, 1.82) is 0 Å². The molecule has 3 aliphatic rings. The van der Waals surface area contributed by atoms with Crippen LogP contribution in [-0.2, 0) is 0 Å². The predicted octanol–water partition coefficient (Wildman–Crippen LogP) is 3.74. The number of urea groups is 1. The van der Waals surface area contributed by atoms with E-state index < -0.39 is 5.66 Å². The third kappa shape index (κ3) is 3.54. The molecule has 1 spiro atoms. The number of piperidine rings is 1. The van der Waals surface area contributed by atoms with Gasteiger partial charge in [-0.2, -0.15) is 0 Å². The minimum Gasteiger partial charge on any atom is -0.348 e. The molecule has 1 saturated heterocycles. The van der Waals surface area contributed by atoms with Crippen LogP contribution in [0.15, 0.2) is 18.2 Å². The molecule has 2 heterocycles. The van der Waals surface area contributed by atoms with Gasteiger partial charge in [-0.05, 0) is 38.0 Å². The van der Waals surface area contributed by atoms with Crippen LogP contribution in [0, 0.1) is 0 Å². The first-order valence-corrected chi connectivity index (χ1v) is 10.9. The van der Waals surface area contributed by atoms with Gasteiger partial charge in [0.25, 0.3) is 5.91 Å². The SMILES string of the molecule is CCN1c2cc(Cl)ccc2C(=O)NC12CCN(C(=O)NC1CCCCC1)CC2. The molecule has 7 heteroatoms. The molecule has 6 nitrogen and oxygen atoms in total.